The van der Waals surface area contributed by atoms with Crippen LogP contribution in [-0.4, -0.2) is 19.3 Å². The Morgan fingerprint density at radius 2 is 1.54 bits per heavy atom. The Labute approximate surface area is 111 Å². The summed E-state index contributed by atoms with van der Waals surface area (Å²) in [6.45, 7) is 8.18. The van der Waals surface area contributed by atoms with Crippen LogP contribution in [0.1, 0.15) is 33.6 Å². The maximum absolute atomic E-state index is 4.38. The van der Waals surface area contributed by atoms with Gasteiger partial charge in [0.15, 0.2) is 0 Å². The van der Waals surface area contributed by atoms with Crippen LogP contribution in [0.4, 0.5) is 0 Å². The molecular formula is C10H24N2Y-4. The third-order valence-corrected chi connectivity index (χ3v) is 1.32. The van der Waals surface area contributed by atoms with Gasteiger partial charge in [0, 0.05) is 32.7 Å². The number of nitrogens with zero attached hydrogens (tertiary/aromatic N) is 2. The van der Waals surface area contributed by atoms with Gasteiger partial charge < -0.3 is 25.5 Å². The van der Waals surface area contributed by atoms with Crippen LogP contribution in [0.5, 0.6) is 0 Å². The second-order valence-corrected chi connectivity index (χ2v) is 2.29. The van der Waals surface area contributed by atoms with Crippen LogP contribution in [0.3, 0.4) is 0 Å². The van der Waals surface area contributed by atoms with Gasteiger partial charge in [-0.1, -0.05) is 33.6 Å². The fraction of sp³-hybridized carbons (Fsp3) is 0.800. The zero-order valence-electron chi connectivity index (χ0n) is 9.88. The maximum atomic E-state index is 4.38. The summed E-state index contributed by atoms with van der Waals surface area (Å²) in [6.07, 6.45) is 2.45. The fourth-order valence-electron chi connectivity index (χ4n) is 0.805. The first kappa shape index (κ1) is 23.7. The zero-order valence-corrected chi connectivity index (χ0v) is 12.7. The van der Waals surface area contributed by atoms with Gasteiger partial charge in [0.2, 0.25) is 0 Å². The summed E-state index contributed by atoms with van der Waals surface area (Å²) in [4.78, 5) is 0. The molecule has 0 saturated carbocycles. The Hall–Kier alpha value is 1.02. The van der Waals surface area contributed by atoms with E-state index in [1.54, 1.807) is 0 Å². The van der Waals surface area contributed by atoms with Gasteiger partial charge in [0.25, 0.3) is 0 Å². The number of hydrogen-bond acceptors (Lipinski definition) is 0. The standard InChI is InChI=1S/C8H18N2.2CH3.Y/c1-4-7-10-8(5-2)9-6-3;;;/h8H,4-7H2,1-3H3;2*1H3;/q-2;2*-1;. The predicted octanol–water partition coefficient (Wildman–Crippen LogP) is 3.80. The van der Waals surface area contributed by atoms with Crippen LogP contribution in [0, 0.1) is 14.9 Å². The molecule has 0 heterocycles. The molecule has 0 saturated heterocycles. The molecule has 0 N–H and O–H groups in total. The van der Waals surface area contributed by atoms with E-state index in [1.165, 1.54) is 0 Å². The van der Waals surface area contributed by atoms with E-state index in [9.17, 15) is 0 Å². The van der Waals surface area contributed by atoms with Crippen molar-refractivity contribution in [1.29, 1.82) is 0 Å². The molecule has 0 aromatic carbocycles. The first-order valence-corrected chi connectivity index (χ1v) is 4.18. The maximum Gasteiger partial charge on any atom is 0 e. The molecular weight excluding hydrogens is 237 g/mol. The van der Waals surface area contributed by atoms with Gasteiger partial charge in [-0.25, -0.2) is 6.17 Å². The van der Waals surface area contributed by atoms with Crippen LogP contribution in [-0.2, 0) is 32.7 Å². The Bertz CT molecular complexity index is 69.9. The Kier molecular flexibility index (Phi) is 34.1. The summed E-state index contributed by atoms with van der Waals surface area (Å²) in [5.41, 5.74) is 0. The van der Waals surface area contributed by atoms with Crippen LogP contribution in [0.25, 0.3) is 10.6 Å². The minimum Gasteiger partial charge on any atom is -0.678 e. The molecule has 3 heteroatoms. The molecule has 0 aromatic rings. The molecule has 1 radical (unpaired) electrons. The summed E-state index contributed by atoms with van der Waals surface area (Å²) in [5, 5.41) is 8.70. The van der Waals surface area contributed by atoms with E-state index in [0.29, 0.717) is 0 Å². The van der Waals surface area contributed by atoms with Crippen molar-refractivity contribution in [3.63, 3.8) is 0 Å². The molecule has 0 aliphatic rings. The van der Waals surface area contributed by atoms with E-state index in [4.69, 9.17) is 0 Å². The van der Waals surface area contributed by atoms with Gasteiger partial charge in [-0.2, -0.15) is 13.1 Å². The summed E-state index contributed by atoms with van der Waals surface area (Å²) in [6, 6.07) is 0. The molecule has 81 valence electrons. The summed E-state index contributed by atoms with van der Waals surface area (Å²) < 4.78 is 0. The summed E-state index contributed by atoms with van der Waals surface area (Å²) in [5.74, 6) is 0. The first-order valence-electron chi connectivity index (χ1n) is 4.18. The third-order valence-electron chi connectivity index (χ3n) is 1.32. The molecule has 13 heavy (non-hydrogen) atoms. The topological polar surface area (TPSA) is 28.2 Å². The van der Waals surface area contributed by atoms with Gasteiger partial charge >= 0.3 is 0 Å². The van der Waals surface area contributed by atoms with Crippen molar-refractivity contribution in [1.82, 2.24) is 0 Å². The van der Waals surface area contributed by atoms with E-state index in [-0.39, 0.29) is 53.7 Å². The molecule has 0 spiro atoms. The van der Waals surface area contributed by atoms with Crippen molar-refractivity contribution in [3.8, 4) is 0 Å². The second-order valence-electron chi connectivity index (χ2n) is 2.29. The SMILES string of the molecule is CCC[N-]C(CC)[N-]CC.[CH3-].[CH3-].[Y]. The number of hydrogen-bond donors (Lipinski definition) is 0. The molecule has 0 fully saturated rings. The quantitative estimate of drug-likeness (QED) is 0.651. The predicted molar refractivity (Wildman–Crippen MR) is 59.3 cm³/mol. The van der Waals surface area contributed by atoms with Crippen LogP contribution in [0.2, 0.25) is 0 Å². The summed E-state index contributed by atoms with van der Waals surface area (Å²) in [7, 11) is 0. The van der Waals surface area contributed by atoms with Gasteiger partial charge in [0.05, 0.1) is 0 Å². The minimum absolute atomic E-state index is 0. The van der Waals surface area contributed by atoms with Crippen molar-refractivity contribution in [2.75, 3.05) is 13.1 Å². The molecule has 1 atom stereocenters. The average molecular weight is 261 g/mol. The fourth-order valence-corrected chi connectivity index (χ4v) is 0.805. The largest absolute Gasteiger partial charge is 0.678 e. The molecule has 0 aliphatic carbocycles. The molecule has 2 nitrogen and oxygen atoms in total. The average Bonchev–Trinajstić information content (AvgIpc) is 1.98. The molecule has 0 aliphatic heterocycles. The van der Waals surface area contributed by atoms with Gasteiger partial charge in [-0.05, 0) is 0 Å². The molecule has 0 aromatic heterocycles. The Morgan fingerprint density at radius 3 is 1.85 bits per heavy atom. The number of rotatable bonds is 6. The second kappa shape index (κ2) is 18.7. The van der Waals surface area contributed by atoms with E-state index >= 15 is 0 Å². The monoisotopic (exact) mass is 261 g/mol. The Morgan fingerprint density at radius 1 is 1.00 bits per heavy atom. The van der Waals surface area contributed by atoms with Crippen molar-refractivity contribution in [2.24, 2.45) is 0 Å². The Balaban J connectivity index is -0.000000135. The smallest absolute Gasteiger partial charge is 0 e. The van der Waals surface area contributed by atoms with Gasteiger partial charge in [-0.3, -0.25) is 0 Å². The zero-order chi connectivity index (χ0) is 7.82. The van der Waals surface area contributed by atoms with Crippen LogP contribution >= 0.6 is 0 Å². The first-order chi connectivity index (χ1) is 4.85. The van der Waals surface area contributed by atoms with E-state index in [1.807, 2.05) is 0 Å². The van der Waals surface area contributed by atoms with E-state index < -0.39 is 0 Å². The van der Waals surface area contributed by atoms with Crippen molar-refractivity contribution in [3.05, 3.63) is 25.5 Å². The summed E-state index contributed by atoms with van der Waals surface area (Å²) >= 11 is 0. The molecule has 0 bridgehead atoms. The van der Waals surface area contributed by atoms with Crippen molar-refractivity contribution >= 4 is 0 Å². The van der Waals surface area contributed by atoms with Crippen molar-refractivity contribution < 1.29 is 32.7 Å². The normalized spacial score (nSPS) is 10.4. The van der Waals surface area contributed by atoms with Gasteiger partial charge in [0.1, 0.15) is 0 Å². The van der Waals surface area contributed by atoms with Crippen LogP contribution < -0.4 is 0 Å². The molecule has 0 amide bonds. The molecule has 1 unspecified atom stereocenters. The van der Waals surface area contributed by atoms with Crippen LogP contribution in [0.15, 0.2) is 0 Å². The van der Waals surface area contributed by atoms with E-state index in [2.05, 4.69) is 31.4 Å². The van der Waals surface area contributed by atoms with Gasteiger partial charge in [-0.15, -0.1) is 0 Å². The van der Waals surface area contributed by atoms with Crippen molar-refractivity contribution in [2.45, 2.75) is 39.8 Å². The molecule has 0 rings (SSSR count). The third kappa shape index (κ3) is 15.8. The minimum atomic E-state index is 0. The van der Waals surface area contributed by atoms with E-state index in [0.717, 1.165) is 25.9 Å².